The predicted octanol–water partition coefficient (Wildman–Crippen LogP) is 4.46. The lowest BCUT2D eigenvalue weighted by molar-refractivity contribution is -0.150. The number of halogens is 1. The van der Waals surface area contributed by atoms with Gasteiger partial charge in [0.15, 0.2) is 6.10 Å². The Bertz CT molecular complexity index is 812. The smallest absolute Gasteiger partial charge is 0.316 e. The predicted molar refractivity (Wildman–Crippen MR) is 110 cm³/mol. The largest absolute Gasteiger partial charge is 0.495 e. The number of methoxy groups -OCH3 is 1. The highest BCUT2D eigenvalue weighted by Crippen LogP contribution is 2.25. The van der Waals surface area contributed by atoms with Crippen molar-refractivity contribution in [2.75, 3.05) is 18.2 Å². The average Bonchev–Trinajstić information content (AvgIpc) is 2.63. The van der Waals surface area contributed by atoms with Crippen molar-refractivity contribution in [1.29, 1.82) is 0 Å². The maximum atomic E-state index is 12.3. The molecule has 1 atom stereocenters. The Morgan fingerprint density at radius 2 is 1.96 bits per heavy atom. The van der Waals surface area contributed by atoms with E-state index < -0.39 is 18.0 Å². The molecule has 0 fully saturated rings. The number of aryl methyl sites for hydroxylation is 1. The van der Waals surface area contributed by atoms with Gasteiger partial charge in [0, 0.05) is 10.8 Å². The van der Waals surface area contributed by atoms with Crippen LogP contribution >= 0.6 is 23.4 Å². The molecule has 0 aliphatic rings. The quantitative estimate of drug-likeness (QED) is 0.654. The molecular formula is C20H22ClNO4S. The number of ether oxygens (including phenoxy) is 2. The van der Waals surface area contributed by atoms with E-state index in [4.69, 9.17) is 21.1 Å². The van der Waals surface area contributed by atoms with Crippen LogP contribution in [0.2, 0.25) is 5.02 Å². The minimum atomic E-state index is -0.913. The summed E-state index contributed by atoms with van der Waals surface area (Å²) in [6.07, 6.45) is -0.913. The Balaban J connectivity index is 1.82. The normalized spacial score (nSPS) is 11.6. The Morgan fingerprint density at radius 1 is 1.22 bits per heavy atom. The topological polar surface area (TPSA) is 64.6 Å². The third-order valence-corrected chi connectivity index (χ3v) is 5.05. The summed E-state index contributed by atoms with van der Waals surface area (Å²) in [6.45, 7) is 3.45. The van der Waals surface area contributed by atoms with Gasteiger partial charge in [-0.05, 0) is 43.2 Å². The molecule has 0 saturated carbocycles. The lowest BCUT2D eigenvalue weighted by Gasteiger charge is -2.15. The van der Waals surface area contributed by atoms with Gasteiger partial charge in [0.2, 0.25) is 0 Å². The van der Waals surface area contributed by atoms with Crippen LogP contribution in [0, 0.1) is 6.92 Å². The first-order valence-corrected chi connectivity index (χ1v) is 9.90. The Labute approximate surface area is 168 Å². The second-order valence-corrected chi connectivity index (χ2v) is 7.30. The standard InChI is InChI=1S/C20H22ClNO4S/c1-13-8-9-18(25-3)17(10-13)22-20(24)14(2)26-19(23)12-27-11-15-6-4-5-7-16(15)21/h4-10,14H,11-12H2,1-3H3,(H,22,24)/t14-/m1/s1. The number of nitrogens with one attached hydrogen (secondary N) is 1. The second-order valence-electron chi connectivity index (χ2n) is 5.91. The third kappa shape index (κ3) is 6.48. The molecule has 0 bridgehead atoms. The summed E-state index contributed by atoms with van der Waals surface area (Å²) in [7, 11) is 1.53. The number of thioether (sulfide) groups is 1. The summed E-state index contributed by atoms with van der Waals surface area (Å²) < 4.78 is 10.4. The summed E-state index contributed by atoms with van der Waals surface area (Å²) in [5.74, 6) is 0.406. The monoisotopic (exact) mass is 407 g/mol. The van der Waals surface area contributed by atoms with E-state index in [1.165, 1.54) is 25.8 Å². The molecule has 27 heavy (non-hydrogen) atoms. The molecule has 0 spiro atoms. The van der Waals surface area contributed by atoms with Crippen LogP contribution in [-0.2, 0) is 20.1 Å². The van der Waals surface area contributed by atoms with E-state index >= 15 is 0 Å². The first kappa shape index (κ1) is 21.1. The van der Waals surface area contributed by atoms with Crippen molar-refractivity contribution in [3.05, 3.63) is 58.6 Å². The lowest BCUT2D eigenvalue weighted by Crippen LogP contribution is -2.30. The van der Waals surface area contributed by atoms with Crippen molar-refractivity contribution in [1.82, 2.24) is 0 Å². The minimum Gasteiger partial charge on any atom is -0.495 e. The van der Waals surface area contributed by atoms with Gasteiger partial charge >= 0.3 is 5.97 Å². The number of benzene rings is 2. The van der Waals surface area contributed by atoms with Crippen LogP contribution in [0.3, 0.4) is 0 Å². The van der Waals surface area contributed by atoms with Crippen LogP contribution in [-0.4, -0.2) is 30.8 Å². The van der Waals surface area contributed by atoms with E-state index in [-0.39, 0.29) is 5.75 Å². The lowest BCUT2D eigenvalue weighted by atomic mass is 10.2. The Hall–Kier alpha value is -2.18. The van der Waals surface area contributed by atoms with E-state index in [1.807, 2.05) is 37.3 Å². The summed E-state index contributed by atoms with van der Waals surface area (Å²) in [6, 6.07) is 12.9. The first-order valence-electron chi connectivity index (χ1n) is 8.37. The van der Waals surface area contributed by atoms with Crippen LogP contribution in [0.5, 0.6) is 5.75 Å². The summed E-state index contributed by atoms with van der Waals surface area (Å²) in [5.41, 5.74) is 2.47. The highest BCUT2D eigenvalue weighted by Gasteiger charge is 2.19. The number of anilines is 1. The zero-order valence-corrected chi connectivity index (χ0v) is 17.0. The van der Waals surface area contributed by atoms with Gasteiger partial charge in [-0.3, -0.25) is 9.59 Å². The highest BCUT2D eigenvalue weighted by molar-refractivity contribution is 7.99. The van der Waals surface area contributed by atoms with Crippen molar-refractivity contribution < 1.29 is 19.1 Å². The molecule has 144 valence electrons. The van der Waals surface area contributed by atoms with E-state index in [1.54, 1.807) is 12.1 Å². The molecule has 2 aromatic carbocycles. The fourth-order valence-electron chi connectivity index (χ4n) is 2.30. The molecule has 0 saturated heterocycles. The van der Waals surface area contributed by atoms with E-state index in [0.717, 1.165) is 11.1 Å². The molecule has 2 aromatic rings. The minimum absolute atomic E-state index is 0.136. The molecule has 0 unspecified atom stereocenters. The number of esters is 1. The van der Waals surface area contributed by atoms with Crippen molar-refractivity contribution in [3.63, 3.8) is 0 Å². The molecule has 0 aliphatic heterocycles. The molecular weight excluding hydrogens is 386 g/mol. The number of amides is 1. The molecule has 1 N–H and O–H groups in total. The first-order chi connectivity index (χ1) is 12.9. The van der Waals surface area contributed by atoms with Crippen molar-refractivity contribution in [2.45, 2.75) is 25.7 Å². The maximum Gasteiger partial charge on any atom is 0.316 e. The maximum absolute atomic E-state index is 12.3. The highest BCUT2D eigenvalue weighted by atomic mass is 35.5. The van der Waals surface area contributed by atoms with Gasteiger partial charge in [-0.25, -0.2) is 0 Å². The van der Waals surface area contributed by atoms with Gasteiger partial charge < -0.3 is 14.8 Å². The zero-order valence-electron chi connectivity index (χ0n) is 15.5. The molecule has 0 heterocycles. The molecule has 1 amide bonds. The van der Waals surface area contributed by atoms with Crippen molar-refractivity contribution >= 4 is 40.9 Å². The third-order valence-electron chi connectivity index (χ3n) is 3.73. The van der Waals surface area contributed by atoms with E-state index in [9.17, 15) is 9.59 Å². The van der Waals surface area contributed by atoms with Crippen molar-refractivity contribution in [3.8, 4) is 5.75 Å². The number of carbonyl (C=O) groups is 2. The van der Waals surface area contributed by atoms with E-state index in [2.05, 4.69) is 5.32 Å². The molecule has 5 nitrogen and oxygen atoms in total. The fourth-order valence-corrected chi connectivity index (χ4v) is 3.39. The Kier molecular flexibility index (Phi) is 8.00. The van der Waals surface area contributed by atoms with Gasteiger partial charge in [-0.1, -0.05) is 35.9 Å². The van der Waals surface area contributed by atoms with Gasteiger partial charge in [0.1, 0.15) is 5.75 Å². The fraction of sp³-hybridized carbons (Fsp3) is 0.300. The van der Waals surface area contributed by atoms with Gasteiger partial charge in [-0.2, -0.15) is 0 Å². The Morgan fingerprint density at radius 3 is 2.67 bits per heavy atom. The van der Waals surface area contributed by atoms with E-state index in [0.29, 0.717) is 22.2 Å². The average molecular weight is 408 g/mol. The molecule has 0 aliphatic carbocycles. The molecule has 0 aromatic heterocycles. The number of rotatable bonds is 8. The van der Waals surface area contributed by atoms with Crippen LogP contribution in [0.25, 0.3) is 0 Å². The zero-order chi connectivity index (χ0) is 19.8. The van der Waals surface area contributed by atoms with Gasteiger partial charge in [0.25, 0.3) is 5.91 Å². The summed E-state index contributed by atoms with van der Waals surface area (Å²) in [4.78, 5) is 24.3. The van der Waals surface area contributed by atoms with Crippen molar-refractivity contribution in [2.24, 2.45) is 0 Å². The van der Waals surface area contributed by atoms with Gasteiger partial charge in [-0.15, -0.1) is 11.8 Å². The van der Waals surface area contributed by atoms with Gasteiger partial charge in [0.05, 0.1) is 18.6 Å². The second kappa shape index (κ2) is 10.2. The summed E-state index contributed by atoms with van der Waals surface area (Å²) >= 11 is 7.47. The molecule has 2 rings (SSSR count). The molecule has 0 radical (unpaired) electrons. The number of carbonyl (C=O) groups excluding carboxylic acids is 2. The summed E-state index contributed by atoms with van der Waals surface area (Å²) in [5, 5.41) is 3.40. The van der Waals surface area contributed by atoms with Crippen LogP contribution in [0.4, 0.5) is 5.69 Å². The van der Waals surface area contributed by atoms with Crippen LogP contribution in [0.1, 0.15) is 18.1 Å². The van der Waals surface area contributed by atoms with Crippen LogP contribution < -0.4 is 10.1 Å². The SMILES string of the molecule is COc1ccc(C)cc1NC(=O)[C@@H](C)OC(=O)CSCc1ccccc1Cl. The molecule has 7 heteroatoms. The van der Waals surface area contributed by atoms with Crippen LogP contribution in [0.15, 0.2) is 42.5 Å². The number of hydrogen-bond donors (Lipinski definition) is 1. The number of hydrogen-bond acceptors (Lipinski definition) is 5.